The second-order valence-electron chi connectivity index (χ2n) is 5.90. The molecule has 1 N–H and O–H groups in total. The maximum Gasteiger partial charge on any atom is 0.325 e. The van der Waals surface area contributed by atoms with Crippen LogP contribution in [0.1, 0.15) is 31.2 Å². The first-order valence-electron chi connectivity index (χ1n) is 8.36. The van der Waals surface area contributed by atoms with Crippen molar-refractivity contribution in [1.82, 2.24) is 10.2 Å². The Hall–Kier alpha value is -1.10. The average Bonchev–Trinajstić information content (AvgIpc) is 2.58. The number of carbonyl (C=O) groups excluding carboxylic acids is 1. The van der Waals surface area contributed by atoms with Crippen LogP contribution in [0.3, 0.4) is 0 Å². The van der Waals surface area contributed by atoms with Crippen molar-refractivity contribution in [3.63, 3.8) is 0 Å². The van der Waals surface area contributed by atoms with Gasteiger partial charge in [-0.25, -0.2) is 0 Å². The molecule has 1 radical (unpaired) electrons. The van der Waals surface area contributed by atoms with Gasteiger partial charge in [0.05, 0.1) is 0 Å². The highest BCUT2D eigenvalue weighted by Gasteiger charge is 2.29. The van der Waals surface area contributed by atoms with Crippen molar-refractivity contribution in [2.75, 3.05) is 26.2 Å². The number of halogens is 1. The smallest absolute Gasteiger partial charge is 0.325 e. The number of carbonyl (C=O) groups is 1. The monoisotopic (exact) mass is 337 g/mol. The minimum absolute atomic E-state index is 0.149. The summed E-state index contributed by atoms with van der Waals surface area (Å²) in [7, 11) is 0. The van der Waals surface area contributed by atoms with Crippen molar-refractivity contribution in [2.45, 2.75) is 38.3 Å². The van der Waals surface area contributed by atoms with Crippen LogP contribution in [0, 0.1) is 6.92 Å². The molecule has 1 aliphatic heterocycles. The van der Waals surface area contributed by atoms with Crippen LogP contribution in [0.4, 0.5) is 0 Å². The van der Waals surface area contributed by atoms with E-state index in [9.17, 15) is 4.79 Å². The van der Waals surface area contributed by atoms with E-state index in [0.717, 1.165) is 44.5 Å². The van der Waals surface area contributed by atoms with Gasteiger partial charge in [0.25, 0.3) is 0 Å². The van der Waals surface area contributed by atoms with Gasteiger partial charge in [0.15, 0.2) is 0 Å². The summed E-state index contributed by atoms with van der Waals surface area (Å²) in [5.74, 6) is -0.149. The van der Waals surface area contributed by atoms with Crippen LogP contribution in [0.15, 0.2) is 24.3 Å². The number of rotatable bonds is 8. The molecule has 1 unspecified atom stereocenters. The summed E-state index contributed by atoms with van der Waals surface area (Å²) in [5.41, 5.74) is 0.952. The molecule has 2 rings (SSSR count). The Bertz CT molecular complexity index is 478. The molecular weight excluding hydrogens is 312 g/mol. The van der Waals surface area contributed by atoms with Crippen molar-refractivity contribution < 1.29 is 9.53 Å². The second-order valence-corrected chi connectivity index (χ2v) is 6.34. The van der Waals surface area contributed by atoms with Crippen LogP contribution in [-0.2, 0) is 16.1 Å². The molecule has 5 heteroatoms. The highest BCUT2D eigenvalue weighted by molar-refractivity contribution is 6.30. The van der Waals surface area contributed by atoms with E-state index in [1.807, 2.05) is 24.3 Å². The van der Waals surface area contributed by atoms with E-state index in [-0.39, 0.29) is 12.0 Å². The molecule has 1 atom stereocenters. The largest absolute Gasteiger partial charge is 0.460 e. The average molecular weight is 338 g/mol. The van der Waals surface area contributed by atoms with Gasteiger partial charge in [-0.05, 0) is 30.7 Å². The lowest BCUT2D eigenvalue weighted by Gasteiger charge is -2.34. The molecule has 0 amide bonds. The zero-order valence-electron chi connectivity index (χ0n) is 13.6. The van der Waals surface area contributed by atoms with E-state index < -0.39 is 0 Å². The zero-order valence-corrected chi connectivity index (χ0v) is 14.4. The minimum atomic E-state index is -0.184. The minimum Gasteiger partial charge on any atom is -0.460 e. The van der Waals surface area contributed by atoms with Gasteiger partial charge in [0, 0.05) is 24.7 Å². The lowest BCUT2D eigenvalue weighted by molar-refractivity contribution is -0.152. The van der Waals surface area contributed by atoms with Crippen LogP contribution >= 0.6 is 11.6 Å². The Morgan fingerprint density at radius 1 is 1.30 bits per heavy atom. The summed E-state index contributed by atoms with van der Waals surface area (Å²) in [5, 5.41) is 3.97. The van der Waals surface area contributed by atoms with Crippen molar-refractivity contribution in [3.8, 4) is 0 Å². The van der Waals surface area contributed by atoms with Gasteiger partial charge in [-0.1, -0.05) is 49.9 Å². The van der Waals surface area contributed by atoms with Crippen LogP contribution in [0.25, 0.3) is 0 Å². The third kappa shape index (κ3) is 6.13. The molecule has 1 aliphatic rings. The van der Waals surface area contributed by atoms with Gasteiger partial charge in [0.2, 0.25) is 0 Å². The summed E-state index contributed by atoms with van der Waals surface area (Å²) in [6.07, 6.45) is 4.41. The van der Waals surface area contributed by atoms with Crippen LogP contribution in [0.5, 0.6) is 0 Å². The molecule has 1 aromatic carbocycles. The summed E-state index contributed by atoms with van der Waals surface area (Å²) in [6, 6.07) is 7.19. The van der Waals surface area contributed by atoms with E-state index >= 15 is 0 Å². The highest BCUT2D eigenvalue weighted by Crippen LogP contribution is 2.13. The van der Waals surface area contributed by atoms with Gasteiger partial charge >= 0.3 is 5.97 Å². The number of nitrogens with one attached hydrogen (secondary N) is 1. The molecule has 0 aliphatic carbocycles. The molecule has 0 bridgehead atoms. The summed E-state index contributed by atoms with van der Waals surface area (Å²) >= 11 is 5.86. The molecular formula is C18H26ClN2O2. The normalized spacial score (nSPS) is 18.8. The number of hydrogen-bond acceptors (Lipinski definition) is 4. The van der Waals surface area contributed by atoms with Gasteiger partial charge in [-0.15, -0.1) is 0 Å². The topological polar surface area (TPSA) is 41.6 Å². The molecule has 127 valence electrons. The van der Waals surface area contributed by atoms with Crippen molar-refractivity contribution in [1.29, 1.82) is 0 Å². The van der Waals surface area contributed by atoms with E-state index in [1.165, 1.54) is 6.42 Å². The van der Waals surface area contributed by atoms with E-state index in [4.69, 9.17) is 16.3 Å². The zero-order chi connectivity index (χ0) is 16.5. The fourth-order valence-corrected chi connectivity index (χ4v) is 2.87. The molecule has 0 saturated carbocycles. The molecule has 1 fully saturated rings. The summed E-state index contributed by atoms with van der Waals surface area (Å²) in [6.45, 7) is 7.59. The Labute approximate surface area is 144 Å². The molecule has 1 aromatic rings. The Balaban J connectivity index is 1.81. The number of unbranched alkanes of at least 4 members (excludes halogenated alkanes) is 3. The van der Waals surface area contributed by atoms with Crippen molar-refractivity contribution in [2.24, 2.45) is 0 Å². The lowest BCUT2D eigenvalue weighted by Crippen LogP contribution is -2.55. The quantitative estimate of drug-likeness (QED) is 0.585. The maximum absolute atomic E-state index is 12.4. The Morgan fingerprint density at radius 2 is 2.09 bits per heavy atom. The number of benzene rings is 1. The Kier molecular flexibility index (Phi) is 7.86. The third-order valence-electron chi connectivity index (χ3n) is 4.12. The molecule has 0 aromatic heterocycles. The maximum atomic E-state index is 12.4. The van der Waals surface area contributed by atoms with Gasteiger partial charge in [0.1, 0.15) is 12.6 Å². The summed E-state index contributed by atoms with van der Waals surface area (Å²) in [4.78, 5) is 14.6. The molecule has 4 nitrogen and oxygen atoms in total. The van der Waals surface area contributed by atoms with E-state index in [1.54, 1.807) is 0 Å². The van der Waals surface area contributed by atoms with Crippen molar-refractivity contribution >= 4 is 17.6 Å². The fraction of sp³-hybridized carbons (Fsp3) is 0.556. The number of ether oxygens (including phenoxy) is 1. The van der Waals surface area contributed by atoms with Crippen LogP contribution < -0.4 is 5.32 Å². The molecule has 1 heterocycles. The first-order chi connectivity index (χ1) is 11.2. The highest BCUT2D eigenvalue weighted by atomic mass is 35.5. The molecule has 0 spiro atoms. The predicted octanol–water partition coefficient (Wildman–Crippen LogP) is 3.05. The number of piperazine rings is 1. The van der Waals surface area contributed by atoms with Crippen molar-refractivity contribution in [3.05, 3.63) is 41.8 Å². The standard InChI is InChI=1S/C18H26ClN2O2/c1-2-3-4-5-11-21-12-10-20-13-17(21)18(22)23-14-15-6-8-16(19)9-7-15/h6-9,17,20H,1-5,10-14H2. The SMILES string of the molecule is [CH2]CCCCCN1CCNCC1C(=O)OCc1ccc(Cl)cc1. The molecule has 23 heavy (non-hydrogen) atoms. The molecule has 1 saturated heterocycles. The van der Waals surface area contributed by atoms with Gasteiger partial charge in [-0.2, -0.15) is 0 Å². The van der Waals surface area contributed by atoms with Crippen LogP contribution in [-0.4, -0.2) is 43.1 Å². The Morgan fingerprint density at radius 3 is 2.83 bits per heavy atom. The van der Waals surface area contributed by atoms with E-state index in [0.29, 0.717) is 18.2 Å². The summed E-state index contributed by atoms with van der Waals surface area (Å²) < 4.78 is 5.49. The predicted molar refractivity (Wildman–Crippen MR) is 93.3 cm³/mol. The first kappa shape index (κ1) is 18.2. The van der Waals surface area contributed by atoms with Crippen LogP contribution in [0.2, 0.25) is 5.02 Å². The van der Waals surface area contributed by atoms with Gasteiger partial charge < -0.3 is 10.1 Å². The number of nitrogens with zero attached hydrogens (tertiary/aromatic N) is 1. The fourth-order valence-electron chi connectivity index (χ4n) is 2.75. The second kappa shape index (κ2) is 9.91. The van der Waals surface area contributed by atoms with Gasteiger partial charge in [-0.3, -0.25) is 9.69 Å². The number of esters is 1. The lowest BCUT2D eigenvalue weighted by atomic mass is 10.1. The first-order valence-corrected chi connectivity index (χ1v) is 8.73. The third-order valence-corrected chi connectivity index (χ3v) is 4.37. The van der Waals surface area contributed by atoms with E-state index in [2.05, 4.69) is 17.1 Å². The number of hydrogen-bond donors (Lipinski definition) is 1.